The van der Waals surface area contributed by atoms with E-state index in [-0.39, 0.29) is 10.6 Å². The number of likely N-dealkylation sites (N-methyl/N-ethyl adjacent to an activating group) is 1. The molecule has 12 heteroatoms. The smallest absolute Gasteiger partial charge is 0.440 e. The Morgan fingerprint density at radius 2 is 1.61 bits per heavy atom. The summed E-state index contributed by atoms with van der Waals surface area (Å²) in [6.07, 6.45) is -1.27. The minimum atomic E-state index is -4.82. The molecule has 0 aliphatic rings. The van der Waals surface area contributed by atoms with Gasteiger partial charge in [-0.1, -0.05) is 18.2 Å². The number of hydrogen-bond acceptors (Lipinski definition) is 7. The van der Waals surface area contributed by atoms with Crippen LogP contribution in [0.3, 0.4) is 0 Å². The number of sulfone groups is 1. The van der Waals surface area contributed by atoms with Crippen molar-refractivity contribution in [2.75, 3.05) is 26.9 Å². The van der Waals surface area contributed by atoms with Gasteiger partial charge in [0.2, 0.25) is 0 Å². The summed E-state index contributed by atoms with van der Waals surface area (Å²) in [7, 11) is 0.419. The molecular weight excluding hydrogens is 593 g/mol. The monoisotopic (exact) mass is 624 g/mol. The molecule has 0 atom stereocenters. The number of oxazole rings is 1. The maximum atomic E-state index is 12.8. The normalized spacial score (nSPS) is 12.2. The van der Waals surface area contributed by atoms with Crippen molar-refractivity contribution < 1.29 is 30.7 Å². The lowest BCUT2D eigenvalue weighted by Crippen LogP contribution is -2.16. The van der Waals surface area contributed by atoms with E-state index < -0.39 is 16.2 Å². The van der Waals surface area contributed by atoms with Crippen LogP contribution in [0.1, 0.15) is 17.4 Å². The summed E-state index contributed by atoms with van der Waals surface area (Å²) in [5, 5.41) is 0. The van der Waals surface area contributed by atoms with Gasteiger partial charge in [0.1, 0.15) is 17.3 Å². The number of hydrogen-bond donors (Lipinski definition) is 0. The number of rotatable bonds is 9. The highest BCUT2D eigenvalue weighted by atomic mass is 32.2. The SMILES string of the molecule is Cc1cn(-c2ccc(-c3cccc(S(C)(=O)=O)c3)cc2-c2oc(CCN(C)C)nc2-c2ccc(OC(F)(F)F)cc2)c(C)n1. The minimum Gasteiger partial charge on any atom is -0.440 e. The summed E-state index contributed by atoms with van der Waals surface area (Å²) in [4.78, 5) is 11.5. The predicted octanol–water partition coefficient (Wildman–Crippen LogP) is 6.88. The standard InChI is InChI=1S/C32H31F3N4O4S/c1-20-19-39(21(2)36-20)28-14-11-24(23-7-6-8-26(17-23)44(5,40)41)18-27(28)31-30(37-29(42-31)15-16-38(3)4)22-9-12-25(13-10-22)43-32(33,34)35/h6-14,17-19H,15-16H2,1-5H3. The summed E-state index contributed by atoms with van der Waals surface area (Å²) in [6, 6.07) is 17.8. The molecule has 0 bridgehead atoms. The molecule has 0 amide bonds. The van der Waals surface area contributed by atoms with Gasteiger partial charge in [0, 0.05) is 36.5 Å². The van der Waals surface area contributed by atoms with Crippen LogP contribution in [-0.4, -0.2) is 61.1 Å². The number of benzene rings is 3. The van der Waals surface area contributed by atoms with Gasteiger partial charge < -0.3 is 18.6 Å². The molecule has 8 nitrogen and oxygen atoms in total. The van der Waals surface area contributed by atoms with Crippen LogP contribution in [0.15, 0.2) is 82.2 Å². The molecule has 0 saturated heterocycles. The number of alkyl halides is 3. The van der Waals surface area contributed by atoms with Gasteiger partial charge in [0.25, 0.3) is 0 Å². The lowest BCUT2D eigenvalue weighted by molar-refractivity contribution is -0.274. The first kappa shape index (κ1) is 31.0. The van der Waals surface area contributed by atoms with Crippen molar-refractivity contribution in [3.63, 3.8) is 0 Å². The molecule has 0 aliphatic heterocycles. The number of nitrogens with zero attached hydrogens (tertiary/aromatic N) is 4. The van der Waals surface area contributed by atoms with Gasteiger partial charge in [-0.05, 0) is 87.6 Å². The molecule has 0 spiro atoms. The van der Waals surface area contributed by atoms with Crippen LogP contribution in [-0.2, 0) is 16.3 Å². The van der Waals surface area contributed by atoms with Crippen molar-refractivity contribution in [3.8, 4) is 45.1 Å². The highest BCUT2D eigenvalue weighted by Gasteiger charge is 2.31. The first-order valence-corrected chi connectivity index (χ1v) is 15.6. The molecule has 2 aromatic heterocycles. The maximum absolute atomic E-state index is 12.8. The van der Waals surface area contributed by atoms with Gasteiger partial charge in [0.05, 0.1) is 16.3 Å². The van der Waals surface area contributed by atoms with Crippen molar-refractivity contribution in [2.45, 2.75) is 31.5 Å². The van der Waals surface area contributed by atoms with E-state index in [1.807, 2.05) is 67.9 Å². The minimum absolute atomic E-state index is 0.189. The molecule has 0 fully saturated rings. The number of aryl methyl sites for hydroxylation is 2. The van der Waals surface area contributed by atoms with E-state index in [1.165, 1.54) is 24.3 Å². The predicted molar refractivity (Wildman–Crippen MR) is 161 cm³/mol. The lowest BCUT2D eigenvalue weighted by atomic mass is 9.98. The van der Waals surface area contributed by atoms with E-state index in [2.05, 4.69) is 9.72 Å². The molecule has 0 radical (unpaired) electrons. The summed E-state index contributed by atoms with van der Waals surface area (Å²) in [5.74, 6) is 1.24. The second kappa shape index (κ2) is 11.9. The van der Waals surface area contributed by atoms with Crippen LogP contribution in [0.25, 0.3) is 39.4 Å². The topological polar surface area (TPSA) is 90.5 Å². The number of aromatic nitrogens is 3. The van der Waals surface area contributed by atoms with Crippen molar-refractivity contribution in [3.05, 3.63) is 90.3 Å². The van der Waals surface area contributed by atoms with E-state index in [0.29, 0.717) is 47.0 Å². The van der Waals surface area contributed by atoms with Crippen LogP contribution < -0.4 is 4.74 Å². The van der Waals surface area contributed by atoms with Crippen molar-refractivity contribution in [1.29, 1.82) is 0 Å². The van der Waals surface area contributed by atoms with E-state index in [1.54, 1.807) is 18.2 Å². The second-order valence-electron chi connectivity index (χ2n) is 10.7. The molecule has 0 unspecified atom stereocenters. The highest BCUT2D eigenvalue weighted by molar-refractivity contribution is 7.90. The molecule has 0 aliphatic carbocycles. The Kier molecular flexibility index (Phi) is 8.41. The average molecular weight is 625 g/mol. The summed E-state index contributed by atoms with van der Waals surface area (Å²) in [5.41, 5.74) is 4.57. The molecule has 5 rings (SSSR count). The fourth-order valence-electron chi connectivity index (χ4n) is 4.86. The molecule has 44 heavy (non-hydrogen) atoms. The maximum Gasteiger partial charge on any atom is 0.573 e. The van der Waals surface area contributed by atoms with Crippen molar-refractivity contribution in [2.24, 2.45) is 0 Å². The number of halogens is 3. The zero-order valence-electron chi connectivity index (χ0n) is 24.8. The van der Waals surface area contributed by atoms with Gasteiger partial charge in [0.15, 0.2) is 21.5 Å². The fraction of sp³-hybridized carbons (Fsp3) is 0.250. The Bertz CT molecular complexity index is 1910. The van der Waals surface area contributed by atoms with E-state index in [4.69, 9.17) is 9.40 Å². The van der Waals surface area contributed by atoms with Crippen LogP contribution in [0.2, 0.25) is 0 Å². The Morgan fingerprint density at radius 1 is 0.932 bits per heavy atom. The molecular formula is C32H31F3N4O4S. The van der Waals surface area contributed by atoms with Crippen LogP contribution >= 0.6 is 0 Å². The van der Waals surface area contributed by atoms with Crippen molar-refractivity contribution in [1.82, 2.24) is 19.4 Å². The Morgan fingerprint density at radius 3 is 2.23 bits per heavy atom. The Hall–Kier alpha value is -4.42. The van der Waals surface area contributed by atoms with Gasteiger partial charge in [-0.25, -0.2) is 18.4 Å². The molecule has 0 saturated carbocycles. The van der Waals surface area contributed by atoms with Crippen LogP contribution in [0.4, 0.5) is 13.2 Å². The van der Waals surface area contributed by atoms with E-state index in [0.717, 1.165) is 29.0 Å². The number of ether oxygens (including phenoxy) is 1. The third kappa shape index (κ3) is 7.03. The molecule has 5 aromatic rings. The molecule has 2 heterocycles. The lowest BCUT2D eigenvalue weighted by Gasteiger charge is -2.14. The summed E-state index contributed by atoms with van der Waals surface area (Å²) < 4.78 is 75.4. The number of imidazole rings is 1. The van der Waals surface area contributed by atoms with Gasteiger partial charge in [-0.2, -0.15) is 0 Å². The van der Waals surface area contributed by atoms with Gasteiger partial charge in [-0.15, -0.1) is 13.2 Å². The summed E-state index contributed by atoms with van der Waals surface area (Å²) in [6.45, 7) is 4.42. The zero-order valence-corrected chi connectivity index (χ0v) is 25.6. The van der Waals surface area contributed by atoms with Crippen LogP contribution in [0, 0.1) is 13.8 Å². The molecule has 230 valence electrons. The van der Waals surface area contributed by atoms with Gasteiger partial charge in [-0.3, -0.25) is 0 Å². The van der Waals surface area contributed by atoms with Crippen LogP contribution in [0.5, 0.6) is 5.75 Å². The summed E-state index contributed by atoms with van der Waals surface area (Å²) >= 11 is 0. The fourth-order valence-corrected chi connectivity index (χ4v) is 5.53. The quantitative estimate of drug-likeness (QED) is 0.177. The van der Waals surface area contributed by atoms with E-state index >= 15 is 0 Å². The Balaban J connectivity index is 1.72. The van der Waals surface area contributed by atoms with E-state index in [9.17, 15) is 21.6 Å². The van der Waals surface area contributed by atoms with Crippen molar-refractivity contribution >= 4 is 9.84 Å². The second-order valence-corrected chi connectivity index (χ2v) is 12.8. The van der Waals surface area contributed by atoms with Gasteiger partial charge >= 0.3 is 6.36 Å². The average Bonchev–Trinajstić information content (AvgIpc) is 3.53. The largest absolute Gasteiger partial charge is 0.573 e. The highest BCUT2D eigenvalue weighted by Crippen LogP contribution is 2.40. The first-order chi connectivity index (χ1) is 20.7. The zero-order chi connectivity index (χ0) is 31.8. The Labute approximate surface area is 253 Å². The third-order valence-electron chi connectivity index (χ3n) is 6.90. The molecule has 3 aromatic carbocycles. The molecule has 0 N–H and O–H groups in total. The third-order valence-corrected chi connectivity index (χ3v) is 8.01. The first-order valence-electron chi connectivity index (χ1n) is 13.7.